The number of aromatic nitrogens is 4. The highest BCUT2D eigenvalue weighted by Gasteiger charge is 2.58. The van der Waals surface area contributed by atoms with Gasteiger partial charge >= 0.3 is 11.6 Å². The number of amides is 2. The third-order valence-electron chi connectivity index (χ3n) is 11.2. The number of thiazole rings is 1. The molecule has 5 heterocycles. The molecule has 9 rings (SSSR count). The van der Waals surface area contributed by atoms with Crippen molar-refractivity contribution in [3.05, 3.63) is 184 Å². The van der Waals surface area contributed by atoms with E-state index < -0.39 is 27.7 Å². The second-order valence-electron chi connectivity index (χ2n) is 14.9. The Labute approximate surface area is 376 Å². The van der Waals surface area contributed by atoms with Crippen molar-refractivity contribution in [1.29, 1.82) is 0 Å². The lowest BCUT2D eigenvalue weighted by Crippen LogP contribution is -2.62. The van der Waals surface area contributed by atoms with Crippen molar-refractivity contribution in [2.24, 2.45) is 5.16 Å². The fourth-order valence-electron chi connectivity index (χ4n) is 8.14. The van der Waals surface area contributed by atoms with E-state index in [1.54, 1.807) is 60.4 Å². The first-order valence-electron chi connectivity index (χ1n) is 20.2. The minimum absolute atomic E-state index is 0.0193. The first-order valence-corrected chi connectivity index (χ1v) is 21.9. The van der Waals surface area contributed by atoms with Crippen molar-refractivity contribution >= 4 is 63.7 Å². The van der Waals surface area contributed by atoms with Crippen LogP contribution < -0.4 is 25.7 Å². The number of benzene rings is 4. The van der Waals surface area contributed by atoms with Crippen molar-refractivity contribution in [2.75, 3.05) is 25.3 Å². The Balaban J connectivity index is 1.24. The molecule has 64 heavy (non-hydrogen) atoms. The summed E-state index contributed by atoms with van der Waals surface area (Å²) in [7, 11) is 2.90. The number of carbonyl (C=O) groups is 3. The van der Waals surface area contributed by atoms with Crippen LogP contribution in [0.1, 0.15) is 34.4 Å². The van der Waals surface area contributed by atoms with E-state index >= 15 is 0 Å². The number of nitrogens with two attached hydrogens (primary N) is 1. The van der Waals surface area contributed by atoms with Gasteiger partial charge in [0.05, 0.1) is 43.1 Å². The van der Waals surface area contributed by atoms with E-state index in [1.807, 2.05) is 64.5 Å². The van der Waals surface area contributed by atoms with Crippen LogP contribution in [0.25, 0.3) is 5.65 Å². The molecule has 3 aromatic heterocycles. The second-order valence-corrected chi connectivity index (χ2v) is 17.1. The molecule has 0 radical (unpaired) electrons. The number of thioether (sulfide) groups is 1. The molecule has 4 aromatic carbocycles. The molecule has 17 heteroatoms. The minimum atomic E-state index is -1.59. The van der Waals surface area contributed by atoms with Crippen LogP contribution in [0.3, 0.4) is 0 Å². The number of rotatable bonds is 15. The Kier molecular flexibility index (Phi) is 11.6. The van der Waals surface area contributed by atoms with Crippen molar-refractivity contribution in [3.8, 4) is 5.75 Å². The van der Waals surface area contributed by atoms with Crippen LogP contribution in [0.15, 0.2) is 162 Å². The van der Waals surface area contributed by atoms with Gasteiger partial charge in [-0.15, -0.1) is 11.3 Å². The van der Waals surface area contributed by atoms with Crippen molar-refractivity contribution < 1.29 is 33.3 Å². The smallest absolute Gasteiger partial charge is 0.355 e. The summed E-state index contributed by atoms with van der Waals surface area (Å²) in [5.74, 6) is -0.650. The van der Waals surface area contributed by atoms with Gasteiger partial charge in [0.25, 0.3) is 5.91 Å². The molecule has 1 fully saturated rings. The van der Waals surface area contributed by atoms with E-state index in [-0.39, 0.29) is 31.2 Å². The summed E-state index contributed by atoms with van der Waals surface area (Å²) in [5.41, 5.74) is 10.3. The molecule has 7 aromatic rings. The number of esters is 1. The molecule has 1 unspecified atom stereocenters. The van der Waals surface area contributed by atoms with Gasteiger partial charge in [-0.25, -0.2) is 14.3 Å². The van der Waals surface area contributed by atoms with Crippen molar-refractivity contribution in [2.45, 2.75) is 35.4 Å². The van der Waals surface area contributed by atoms with Crippen LogP contribution in [-0.2, 0) is 47.5 Å². The highest BCUT2D eigenvalue weighted by atomic mass is 32.2. The van der Waals surface area contributed by atoms with E-state index in [0.29, 0.717) is 39.2 Å². The summed E-state index contributed by atoms with van der Waals surface area (Å²) >= 11 is 2.63. The monoisotopic (exact) mass is 892 g/mol. The number of β-lactam (4-membered cyclic amide) rings is 1. The largest absolute Gasteiger partial charge is 0.497 e. The number of nitrogens with zero attached hydrogens (tertiary/aromatic N) is 6. The number of carbonyl (C=O) groups excluding carboxylic acids is 3. The first-order chi connectivity index (χ1) is 31.2. The number of fused-ring (bicyclic) bond motifs is 2. The molecule has 2 atom stereocenters. The molecule has 1 saturated heterocycles. The molecule has 2 amide bonds. The van der Waals surface area contributed by atoms with E-state index in [4.69, 9.17) is 25.0 Å². The van der Waals surface area contributed by atoms with E-state index in [9.17, 15) is 14.4 Å². The van der Waals surface area contributed by atoms with Gasteiger partial charge in [0, 0.05) is 17.0 Å². The SMILES string of the molecule is CON=CC(=O)NC1(c2csc(NC(c3ccccc3)(c3ccccc3)c3ccccc3)n2)S[C@H]2CC(=O)N2C(C(=O)OCc2ccc(OC)cc2)=C1C[n+]1ccc(N)n2nccc21. The molecule has 2 aliphatic heterocycles. The second kappa shape index (κ2) is 17.7. The molecular formula is C47H42N9O6S2+. The average Bonchev–Trinajstić information content (AvgIpc) is 4.03. The third kappa shape index (κ3) is 7.68. The van der Waals surface area contributed by atoms with Gasteiger partial charge < -0.3 is 30.7 Å². The highest BCUT2D eigenvalue weighted by Crippen LogP contribution is 2.55. The predicted octanol–water partition coefficient (Wildman–Crippen LogP) is 5.98. The predicted molar refractivity (Wildman–Crippen MR) is 243 cm³/mol. The Morgan fingerprint density at radius 1 is 0.938 bits per heavy atom. The lowest BCUT2D eigenvalue weighted by molar-refractivity contribution is -0.667. The summed E-state index contributed by atoms with van der Waals surface area (Å²) in [6.07, 6.45) is 4.48. The maximum Gasteiger partial charge on any atom is 0.355 e. The summed E-state index contributed by atoms with van der Waals surface area (Å²) in [6.45, 7) is -0.150. The summed E-state index contributed by atoms with van der Waals surface area (Å²) in [6, 6.07) is 40.9. The zero-order chi connectivity index (χ0) is 44.3. The van der Waals surface area contributed by atoms with E-state index in [0.717, 1.165) is 22.9 Å². The molecule has 2 aliphatic rings. The number of ether oxygens (including phenoxy) is 2. The topological polar surface area (TPSA) is 179 Å². The molecule has 322 valence electrons. The van der Waals surface area contributed by atoms with Crippen LogP contribution in [0.2, 0.25) is 0 Å². The lowest BCUT2D eigenvalue weighted by Gasteiger charge is -2.51. The van der Waals surface area contributed by atoms with Gasteiger partial charge in [-0.2, -0.15) is 0 Å². The van der Waals surface area contributed by atoms with Crippen LogP contribution in [0.5, 0.6) is 5.75 Å². The van der Waals surface area contributed by atoms with Gasteiger partial charge in [0.1, 0.15) is 43.5 Å². The van der Waals surface area contributed by atoms with Crippen LogP contribution >= 0.6 is 23.1 Å². The Morgan fingerprint density at radius 2 is 1.59 bits per heavy atom. The zero-order valence-electron chi connectivity index (χ0n) is 34.7. The van der Waals surface area contributed by atoms with Crippen LogP contribution in [0.4, 0.5) is 10.9 Å². The Hall–Kier alpha value is -7.50. The first kappa shape index (κ1) is 41.8. The van der Waals surface area contributed by atoms with E-state index in [2.05, 4.69) is 57.3 Å². The highest BCUT2D eigenvalue weighted by molar-refractivity contribution is 8.01. The maximum atomic E-state index is 14.8. The summed E-state index contributed by atoms with van der Waals surface area (Å²) in [4.78, 5) is 52.7. The molecule has 0 saturated carbocycles. The van der Waals surface area contributed by atoms with Gasteiger partial charge in [-0.05, 0) is 34.4 Å². The minimum Gasteiger partial charge on any atom is -0.497 e. The number of nitrogens with one attached hydrogen (secondary N) is 2. The van der Waals surface area contributed by atoms with Gasteiger partial charge in [0.2, 0.25) is 11.7 Å². The summed E-state index contributed by atoms with van der Waals surface area (Å²) < 4.78 is 14.8. The Morgan fingerprint density at radius 3 is 2.20 bits per heavy atom. The van der Waals surface area contributed by atoms with Crippen LogP contribution in [0, 0.1) is 0 Å². The normalized spacial score (nSPS) is 17.2. The van der Waals surface area contributed by atoms with Gasteiger partial charge in [-0.3, -0.25) is 14.5 Å². The number of anilines is 2. The standard InChI is InChI=1S/C47H41N9O6S2/c1-60-35-20-18-31(19-21-35)29-62-44(59)43-36(28-54-25-23-38(48)56-40(54)22-24-49-56)47(52-39(57)27-50-61-2,64-42-26-41(58)55(42)43)37-30-63-45(51-37)53-46(32-12-6-3-7-13-32,33-14-8-4-9-15-33)34-16-10-5-11-17-34/h3-25,27,30,42,48H,26,28-29H2,1-2H3,(H2,51,52,53,57)/p+1/t42-,47?/m0/s1. The molecule has 15 nitrogen and oxygen atoms in total. The van der Waals surface area contributed by atoms with Gasteiger partial charge in [-0.1, -0.05) is 130 Å². The average molecular weight is 893 g/mol. The zero-order valence-corrected chi connectivity index (χ0v) is 36.3. The molecule has 0 spiro atoms. The summed E-state index contributed by atoms with van der Waals surface area (Å²) in [5, 5.41) is 17.0. The number of oxime groups is 1. The van der Waals surface area contributed by atoms with Crippen molar-refractivity contribution in [3.63, 3.8) is 0 Å². The number of hydrogen-bond donors (Lipinski definition) is 3. The Bertz CT molecular complexity index is 2790. The van der Waals surface area contributed by atoms with Crippen LogP contribution in [-0.4, -0.2) is 63.1 Å². The fourth-order valence-corrected chi connectivity index (χ4v) is 10.7. The maximum absolute atomic E-state index is 14.8. The fraction of sp³-hybridized carbons (Fsp3) is 0.170. The van der Waals surface area contributed by atoms with Crippen molar-refractivity contribution in [1.82, 2.24) is 24.8 Å². The number of methoxy groups -OCH3 is 1. The molecule has 4 N–H and O–H groups in total. The number of hydrogen-bond acceptors (Lipinski definition) is 13. The quantitative estimate of drug-likeness (QED) is 0.0276. The van der Waals surface area contributed by atoms with Gasteiger partial charge in [0.15, 0.2) is 10.0 Å². The molecule has 0 bridgehead atoms. The molecular weight excluding hydrogens is 851 g/mol. The third-order valence-corrected chi connectivity index (χ3v) is 13.5. The van der Waals surface area contributed by atoms with E-state index in [1.165, 1.54) is 35.1 Å². The lowest BCUT2D eigenvalue weighted by atomic mass is 9.77. The molecule has 0 aliphatic carbocycles. The number of nitrogen functional groups attached to an aromatic ring is 1.